The van der Waals surface area contributed by atoms with E-state index in [0.717, 1.165) is 20.6 Å². The van der Waals surface area contributed by atoms with Crippen LogP contribution in [0.1, 0.15) is 11.3 Å². The molecule has 0 radical (unpaired) electrons. The summed E-state index contributed by atoms with van der Waals surface area (Å²) < 4.78 is 1.04. The fraction of sp³-hybridized carbons (Fsp3) is 0.182. The highest BCUT2D eigenvalue weighted by atomic mass is 32.2. The van der Waals surface area contributed by atoms with Crippen molar-refractivity contribution in [1.82, 2.24) is 4.98 Å². The van der Waals surface area contributed by atoms with Gasteiger partial charge in [0.2, 0.25) is 0 Å². The quantitative estimate of drug-likeness (QED) is 0.811. The minimum Gasteiger partial charge on any atom is -0.398 e. The van der Waals surface area contributed by atoms with Crippen molar-refractivity contribution in [2.45, 2.75) is 23.1 Å². The van der Waals surface area contributed by atoms with Gasteiger partial charge in [0.05, 0.1) is 0 Å². The highest BCUT2D eigenvalue weighted by Crippen LogP contribution is 2.34. The zero-order chi connectivity index (χ0) is 10.8. The van der Waals surface area contributed by atoms with Crippen LogP contribution >= 0.6 is 23.1 Å². The first-order chi connectivity index (χ1) is 7.15. The third-order valence-corrected chi connectivity index (χ3v) is 4.11. The van der Waals surface area contributed by atoms with Crippen molar-refractivity contribution >= 4 is 28.8 Å². The van der Waals surface area contributed by atoms with Gasteiger partial charge < -0.3 is 5.73 Å². The van der Waals surface area contributed by atoms with Crippen molar-refractivity contribution in [1.29, 1.82) is 0 Å². The number of hydrogen-bond acceptors (Lipinski definition) is 4. The molecule has 0 fully saturated rings. The lowest BCUT2D eigenvalue weighted by molar-refractivity contribution is 1.16. The lowest BCUT2D eigenvalue weighted by Gasteiger charge is -2.03. The topological polar surface area (TPSA) is 38.9 Å². The zero-order valence-corrected chi connectivity index (χ0v) is 10.3. The summed E-state index contributed by atoms with van der Waals surface area (Å²) in [6.07, 6.45) is 0. The molecule has 2 aromatic rings. The number of hydrogen-bond donors (Lipinski definition) is 1. The van der Waals surface area contributed by atoms with E-state index in [9.17, 15) is 0 Å². The normalized spacial score (nSPS) is 10.5. The fourth-order valence-corrected chi connectivity index (χ4v) is 3.05. The molecule has 78 valence electrons. The second-order valence-electron chi connectivity index (χ2n) is 3.40. The van der Waals surface area contributed by atoms with Gasteiger partial charge in [-0.2, -0.15) is 0 Å². The van der Waals surface area contributed by atoms with Crippen LogP contribution in [0.2, 0.25) is 0 Å². The standard InChI is InChI=1S/C11H12N2S2/c1-7-3-4-10(9(12)5-7)15-11-13-8(2)6-14-11/h3-6H,12H2,1-2H3. The average Bonchev–Trinajstić information content (AvgIpc) is 2.56. The zero-order valence-electron chi connectivity index (χ0n) is 8.65. The van der Waals surface area contributed by atoms with E-state index in [1.807, 2.05) is 31.4 Å². The lowest BCUT2D eigenvalue weighted by atomic mass is 10.2. The summed E-state index contributed by atoms with van der Waals surface area (Å²) in [6, 6.07) is 6.11. The summed E-state index contributed by atoms with van der Waals surface area (Å²) in [6.45, 7) is 4.04. The van der Waals surface area contributed by atoms with Gasteiger partial charge in [-0.3, -0.25) is 0 Å². The van der Waals surface area contributed by atoms with Gasteiger partial charge in [-0.25, -0.2) is 4.98 Å². The third kappa shape index (κ3) is 2.52. The van der Waals surface area contributed by atoms with Crippen molar-refractivity contribution in [3.63, 3.8) is 0 Å². The van der Waals surface area contributed by atoms with E-state index in [2.05, 4.69) is 11.1 Å². The molecule has 0 bridgehead atoms. The van der Waals surface area contributed by atoms with Crippen molar-refractivity contribution in [2.75, 3.05) is 5.73 Å². The summed E-state index contributed by atoms with van der Waals surface area (Å²) in [5.41, 5.74) is 9.01. The largest absolute Gasteiger partial charge is 0.398 e. The number of nitrogens with zero attached hydrogens (tertiary/aromatic N) is 1. The van der Waals surface area contributed by atoms with E-state index in [1.165, 1.54) is 5.56 Å². The predicted molar refractivity (Wildman–Crippen MR) is 66.6 cm³/mol. The minimum atomic E-state index is 0.827. The Hall–Kier alpha value is -1.00. The fourth-order valence-electron chi connectivity index (χ4n) is 1.23. The molecular weight excluding hydrogens is 224 g/mol. The van der Waals surface area contributed by atoms with Gasteiger partial charge in [0.1, 0.15) is 0 Å². The molecule has 0 unspecified atom stereocenters. The van der Waals surface area contributed by atoms with Gasteiger partial charge >= 0.3 is 0 Å². The Morgan fingerprint density at radius 3 is 2.73 bits per heavy atom. The van der Waals surface area contributed by atoms with E-state index in [0.29, 0.717) is 0 Å². The molecule has 2 rings (SSSR count). The summed E-state index contributed by atoms with van der Waals surface area (Å²) in [7, 11) is 0. The number of aromatic nitrogens is 1. The maximum atomic E-state index is 5.93. The molecule has 2 N–H and O–H groups in total. The number of rotatable bonds is 2. The molecule has 0 amide bonds. The molecule has 0 saturated carbocycles. The Bertz CT molecular complexity index is 477. The third-order valence-electron chi connectivity index (χ3n) is 1.96. The van der Waals surface area contributed by atoms with Crippen molar-refractivity contribution in [2.24, 2.45) is 0 Å². The summed E-state index contributed by atoms with van der Waals surface area (Å²) >= 11 is 3.28. The van der Waals surface area contributed by atoms with Gasteiger partial charge in [-0.1, -0.05) is 17.8 Å². The van der Waals surface area contributed by atoms with Crippen LogP contribution in [0.4, 0.5) is 5.69 Å². The van der Waals surface area contributed by atoms with Crippen LogP contribution in [0.5, 0.6) is 0 Å². The van der Waals surface area contributed by atoms with Crippen LogP contribution in [0.3, 0.4) is 0 Å². The molecule has 0 aliphatic rings. The van der Waals surface area contributed by atoms with Crippen LogP contribution in [0.25, 0.3) is 0 Å². The monoisotopic (exact) mass is 236 g/mol. The summed E-state index contributed by atoms with van der Waals surface area (Å²) in [5, 5.41) is 2.05. The Balaban J connectivity index is 2.24. The van der Waals surface area contributed by atoms with E-state index in [1.54, 1.807) is 23.1 Å². The molecule has 1 aromatic heterocycles. The molecule has 0 atom stereocenters. The van der Waals surface area contributed by atoms with Gasteiger partial charge in [-0.15, -0.1) is 11.3 Å². The van der Waals surface area contributed by atoms with Crippen molar-refractivity contribution < 1.29 is 0 Å². The molecular formula is C11H12N2S2. The second-order valence-corrected chi connectivity index (χ2v) is 5.55. The average molecular weight is 236 g/mol. The molecule has 2 nitrogen and oxygen atoms in total. The molecule has 0 saturated heterocycles. The van der Waals surface area contributed by atoms with Gasteiger partial charge in [0, 0.05) is 21.7 Å². The second kappa shape index (κ2) is 4.24. The first-order valence-electron chi connectivity index (χ1n) is 4.61. The van der Waals surface area contributed by atoms with Crippen LogP contribution in [0, 0.1) is 13.8 Å². The minimum absolute atomic E-state index is 0.827. The van der Waals surface area contributed by atoms with E-state index >= 15 is 0 Å². The molecule has 15 heavy (non-hydrogen) atoms. The van der Waals surface area contributed by atoms with Crippen LogP contribution in [-0.4, -0.2) is 4.98 Å². The molecule has 1 heterocycles. The van der Waals surface area contributed by atoms with Gasteiger partial charge in [0.15, 0.2) is 4.34 Å². The van der Waals surface area contributed by atoms with Crippen molar-refractivity contribution in [3.05, 3.63) is 34.8 Å². The Kier molecular flexibility index (Phi) is 2.98. The predicted octanol–water partition coefficient (Wildman–Crippen LogP) is 3.49. The number of benzene rings is 1. The van der Waals surface area contributed by atoms with Crippen LogP contribution in [-0.2, 0) is 0 Å². The highest BCUT2D eigenvalue weighted by molar-refractivity contribution is 8.01. The summed E-state index contributed by atoms with van der Waals surface area (Å²) in [5.74, 6) is 0. The molecule has 0 aliphatic heterocycles. The summed E-state index contributed by atoms with van der Waals surface area (Å²) in [4.78, 5) is 5.47. The molecule has 0 aliphatic carbocycles. The van der Waals surface area contributed by atoms with Gasteiger partial charge in [-0.05, 0) is 31.5 Å². The number of thiazole rings is 1. The maximum Gasteiger partial charge on any atom is 0.154 e. The number of aryl methyl sites for hydroxylation is 2. The SMILES string of the molecule is Cc1ccc(Sc2nc(C)cs2)c(N)c1. The molecule has 4 heteroatoms. The first-order valence-corrected chi connectivity index (χ1v) is 6.31. The van der Waals surface area contributed by atoms with E-state index < -0.39 is 0 Å². The molecule has 1 aromatic carbocycles. The van der Waals surface area contributed by atoms with Gasteiger partial charge in [0.25, 0.3) is 0 Å². The number of nitrogens with two attached hydrogens (primary N) is 1. The Morgan fingerprint density at radius 1 is 1.33 bits per heavy atom. The van der Waals surface area contributed by atoms with Crippen LogP contribution in [0.15, 0.2) is 32.8 Å². The first kappa shape index (κ1) is 10.5. The van der Waals surface area contributed by atoms with E-state index in [4.69, 9.17) is 5.73 Å². The smallest absolute Gasteiger partial charge is 0.154 e. The Labute approximate surface area is 97.5 Å². The number of nitrogen functional groups attached to an aromatic ring is 1. The van der Waals surface area contributed by atoms with Crippen LogP contribution < -0.4 is 5.73 Å². The number of anilines is 1. The maximum absolute atomic E-state index is 5.93. The molecule has 0 spiro atoms. The highest BCUT2D eigenvalue weighted by Gasteiger charge is 2.04. The lowest BCUT2D eigenvalue weighted by Crippen LogP contribution is -1.88. The van der Waals surface area contributed by atoms with E-state index in [-0.39, 0.29) is 0 Å². The van der Waals surface area contributed by atoms with Crippen molar-refractivity contribution in [3.8, 4) is 0 Å². The Morgan fingerprint density at radius 2 is 2.13 bits per heavy atom.